The van der Waals surface area contributed by atoms with Gasteiger partial charge in [-0.2, -0.15) is 5.26 Å². The van der Waals surface area contributed by atoms with E-state index in [0.717, 1.165) is 0 Å². The molecule has 30 heavy (non-hydrogen) atoms. The van der Waals surface area contributed by atoms with Crippen molar-refractivity contribution in [2.24, 2.45) is 5.92 Å². The van der Waals surface area contributed by atoms with Crippen LogP contribution in [0.5, 0.6) is 5.75 Å². The molecule has 0 bridgehead atoms. The van der Waals surface area contributed by atoms with E-state index in [1.165, 1.54) is 13.4 Å². The summed E-state index contributed by atoms with van der Waals surface area (Å²) in [4.78, 5) is 29.5. The van der Waals surface area contributed by atoms with Gasteiger partial charge in [0.15, 0.2) is 17.5 Å². The minimum absolute atomic E-state index is 0.222. The predicted molar refractivity (Wildman–Crippen MR) is 108 cm³/mol. The maximum absolute atomic E-state index is 12.7. The molecule has 3 rings (SSSR count). The number of oxazole rings is 1. The van der Waals surface area contributed by atoms with Crippen molar-refractivity contribution >= 4 is 29.0 Å². The van der Waals surface area contributed by atoms with E-state index in [9.17, 15) is 14.9 Å². The Balaban J connectivity index is 1.76. The molecule has 0 saturated heterocycles. The third-order valence-electron chi connectivity index (χ3n) is 4.42. The first-order chi connectivity index (χ1) is 14.3. The number of carbonyl (C=O) groups is 2. The van der Waals surface area contributed by atoms with E-state index in [0.29, 0.717) is 39.2 Å². The number of hydrogen-bond acceptors (Lipinski definition) is 7. The molecule has 9 heteroatoms. The molecule has 0 aliphatic carbocycles. The predicted octanol–water partition coefficient (Wildman–Crippen LogP) is 4.10. The Morgan fingerprint density at radius 3 is 2.77 bits per heavy atom. The van der Waals surface area contributed by atoms with Crippen molar-refractivity contribution in [2.75, 3.05) is 12.4 Å². The first-order valence-electron chi connectivity index (χ1n) is 8.91. The van der Waals surface area contributed by atoms with Crippen molar-refractivity contribution in [3.8, 4) is 23.5 Å². The molecule has 1 N–H and O–H groups in total. The zero-order chi connectivity index (χ0) is 21.8. The fraction of sp³-hybridized carbons (Fsp3) is 0.238. The lowest BCUT2D eigenvalue weighted by Crippen LogP contribution is -2.30. The lowest BCUT2D eigenvalue weighted by atomic mass is 10.00. The number of ketones is 1. The van der Waals surface area contributed by atoms with Crippen LogP contribution in [0.1, 0.15) is 17.0 Å². The van der Waals surface area contributed by atoms with Gasteiger partial charge < -0.3 is 18.9 Å². The van der Waals surface area contributed by atoms with Gasteiger partial charge in [0.1, 0.15) is 11.5 Å². The summed E-state index contributed by atoms with van der Waals surface area (Å²) in [5.41, 5.74) is 1.35. The molecule has 8 nitrogen and oxygen atoms in total. The standard InChI is InChI=1S/C21H18ClN3O5/c1-11-7-16(19(28-3)8-14(11)22)24-20(27)13(10-23)17(26)9-15-12(2)30-21(25-15)18-5-4-6-29-18/h4-8,13H,9H2,1-3H3,(H,24,27). The fourth-order valence-electron chi connectivity index (χ4n) is 2.78. The summed E-state index contributed by atoms with van der Waals surface area (Å²) in [7, 11) is 1.42. The first kappa shape index (κ1) is 21.1. The van der Waals surface area contributed by atoms with Crippen LogP contribution >= 0.6 is 11.6 Å². The van der Waals surface area contributed by atoms with Crippen molar-refractivity contribution < 1.29 is 23.2 Å². The number of nitrogens with zero attached hydrogens (tertiary/aromatic N) is 2. The molecule has 2 heterocycles. The van der Waals surface area contributed by atoms with Crippen LogP contribution in [0.4, 0.5) is 5.69 Å². The maximum Gasteiger partial charge on any atom is 0.263 e. The fourth-order valence-corrected chi connectivity index (χ4v) is 2.93. The number of nitriles is 1. The quantitative estimate of drug-likeness (QED) is 0.563. The molecule has 0 aliphatic rings. The Kier molecular flexibility index (Phi) is 6.23. The first-order valence-corrected chi connectivity index (χ1v) is 9.29. The molecule has 3 aromatic rings. The monoisotopic (exact) mass is 427 g/mol. The van der Waals surface area contributed by atoms with Crippen molar-refractivity contribution in [3.63, 3.8) is 0 Å². The normalized spacial score (nSPS) is 11.6. The number of nitrogens with one attached hydrogen (secondary N) is 1. The topological polar surface area (TPSA) is 118 Å². The van der Waals surface area contributed by atoms with Crippen LogP contribution < -0.4 is 10.1 Å². The average molecular weight is 428 g/mol. The second-order valence-electron chi connectivity index (χ2n) is 6.50. The van der Waals surface area contributed by atoms with Crippen LogP contribution in [0.2, 0.25) is 5.02 Å². The molecule has 1 atom stereocenters. The van der Waals surface area contributed by atoms with Crippen LogP contribution in [-0.2, 0) is 16.0 Å². The summed E-state index contributed by atoms with van der Waals surface area (Å²) in [6, 6.07) is 8.26. The number of Topliss-reactive ketones (excluding diaryl/α,β-unsaturated/α-hetero) is 1. The van der Waals surface area contributed by atoms with Gasteiger partial charge in [0, 0.05) is 11.1 Å². The zero-order valence-electron chi connectivity index (χ0n) is 16.5. The van der Waals surface area contributed by atoms with Crippen LogP contribution in [0.3, 0.4) is 0 Å². The number of rotatable bonds is 7. The molecular formula is C21H18ClN3O5. The summed E-state index contributed by atoms with van der Waals surface area (Å²) >= 11 is 6.06. The van der Waals surface area contributed by atoms with Crippen LogP contribution in [0.25, 0.3) is 11.7 Å². The van der Waals surface area contributed by atoms with Crippen molar-refractivity contribution in [1.82, 2.24) is 4.98 Å². The summed E-state index contributed by atoms with van der Waals surface area (Å²) < 4.78 is 15.9. The molecule has 0 fully saturated rings. The molecule has 2 aromatic heterocycles. The smallest absolute Gasteiger partial charge is 0.263 e. The molecule has 1 unspecified atom stereocenters. The average Bonchev–Trinajstić information content (AvgIpc) is 3.35. The lowest BCUT2D eigenvalue weighted by molar-refractivity contribution is -0.128. The molecule has 1 aromatic carbocycles. The number of methoxy groups -OCH3 is 1. The van der Waals surface area contributed by atoms with E-state index in [1.54, 1.807) is 44.2 Å². The number of carbonyl (C=O) groups excluding carboxylic acids is 2. The molecular weight excluding hydrogens is 410 g/mol. The molecule has 0 spiro atoms. The highest BCUT2D eigenvalue weighted by Crippen LogP contribution is 2.31. The number of furan rings is 1. The number of hydrogen-bond donors (Lipinski definition) is 1. The summed E-state index contributed by atoms with van der Waals surface area (Å²) in [5.74, 6) is -1.55. The van der Waals surface area contributed by atoms with Gasteiger partial charge in [0.05, 0.1) is 37.2 Å². The van der Waals surface area contributed by atoms with Gasteiger partial charge in [-0.15, -0.1) is 0 Å². The van der Waals surface area contributed by atoms with Crippen molar-refractivity contribution in [2.45, 2.75) is 20.3 Å². The van der Waals surface area contributed by atoms with Gasteiger partial charge >= 0.3 is 0 Å². The highest BCUT2D eigenvalue weighted by molar-refractivity contribution is 6.31. The van der Waals surface area contributed by atoms with Gasteiger partial charge in [0.2, 0.25) is 5.91 Å². The highest BCUT2D eigenvalue weighted by Gasteiger charge is 2.29. The third kappa shape index (κ3) is 4.36. The van der Waals surface area contributed by atoms with Crippen LogP contribution in [0, 0.1) is 31.1 Å². The van der Waals surface area contributed by atoms with E-state index in [2.05, 4.69) is 10.3 Å². The molecule has 154 valence electrons. The van der Waals surface area contributed by atoms with Crippen LogP contribution in [0.15, 0.2) is 39.4 Å². The Bertz CT molecular complexity index is 1130. The van der Waals surface area contributed by atoms with Gasteiger partial charge in [-0.1, -0.05) is 11.6 Å². The van der Waals surface area contributed by atoms with E-state index in [4.69, 9.17) is 25.2 Å². The number of amides is 1. The van der Waals surface area contributed by atoms with Gasteiger partial charge in [-0.3, -0.25) is 9.59 Å². The van der Waals surface area contributed by atoms with E-state index >= 15 is 0 Å². The zero-order valence-corrected chi connectivity index (χ0v) is 17.2. The number of aromatic nitrogens is 1. The highest BCUT2D eigenvalue weighted by atomic mass is 35.5. The summed E-state index contributed by atoms with van der Waals surface area (Å²) in [6.07, 6.45) is 1.24. The Morgan fingerprint density at radius 2 is 2.13 bits per heavy atom. The summed E-state index contributed by atoms with van der Waals surface area (Å²) in [6.45, 7) is 3.40. The van der Waals surface area contributed by atoms with Gasteiger partial charge in [-0.05, 0) is 37.6 Å². The Morgan fingerprint density at radius 1 is 1.37 bits per heavy atom. The maximum atomic E-state index is 12.7. The van der Waals surface area contributed by atoms with Gasteiger partial charge in [0.25, 0.3) is 5.89 Å². The van der Waals surface area contributed by atoms with Crippen molar-refractivity contribution in [3.05, 3.63) is 52.6 Å². The largest absolute Gasteiger partial charge is 0.495 e. The second-order valence-corrected chi connectivity index (χ2v) is 6.90. The Labute approximate surface area is 177 Å². The SMILES string of the molecule is COc1cc(Cl)c(C)cc1NC(=O)C(C#N)C(=O)Cc1nc(-c2ccco2)oc1C. The van der Waals surface area contributed by atoms with E-state index < -0.39 is 17.6 Å². The Hall–Kier alpha value is -3.57. The number of benzene rings is 1. The van der Waals surface area contributed by atoms with Crippen molar-refractivity contribution in [1.29, 1.82) is 5.26 Å². The lowest BCUT2D eigenvalue weighted by Gasteiger charge is -2.14. The minimum atomic E-state index is -1.53. The molecule has 0 radical (unpaired) electrons. The second kappa shape index (κ2) is 8.84. The van der Waals surface area contributed by atoms with E-state index in [-0.39, 0.29) is 12.3 Å². The number of aryl methyl sites for hydroxylation is 2. The minimum Gasteiger partial charge on any atom is -0.495 e. The molecule has 0 aliphatic heterocycles. The van der Waals surface area contributed by atoms with E-state index in [1.807, 2.05) is 0 Å². The number of ether oxygens (including phenoxy) is 1. The van der Waals surface area contributed by atoms with Crippen LogP contribution in [-0.4, -0.2) is 23.8 Å². The summed E-state index contributed by atoms with van der Waals surface area (Å²) in [5, 5.41) is 12.5. The number of halogens is 1. The molecule has 0 saturated carbocycles. The third-order valence-corrected chi connectivity index (χ3v) is 4.83. The van der Waals surface area contributed by atoms with Gasteiger partial charge in [-0.25, -0.2) is 4.98 Å². The number of anilines is 1. The molecule has 1 amide bonds.